The van der Waals surface area contributed by atoms with Crippen LogP contribution in [0, 0.1) is 6.92 Å². The molecule has 2 aromatic rings. The van der Waals surface area contributed by atoms with E-state index in [1.165, 1.54) is 5.56 Å². The summed E-state index contributed by atoms with van der Waals surface area (Å²) < 4.78 is 5.41. The zero-order valence-corrected chi connectivity index (χ0v) is 15.6. The van der Waals surface area contributed by atoms with Crippen LogP contribution in [0.3, 0.4) is 0 Å². The smallest absolute Gasteiger partial charge is 0.276 e. The van der Waals surface area contributed by atoms with Crippen molar-refractivity contribution in [2.45, 2.75) is 20.3 Å². The molecule has 0 aliphatic carbocycles. The highest BCUT2D eigenvalue weighted by Crippen LogP contribution is 2.20. The number of hydrazine groups is 1. The van der Waals surface area contributed by atoms with Gasteiger partial charge in [0.1, 0.15) is 5.75 Å². The fourth-order valence-corrected chi connectivity index (χ4v) is 2.34. The number of hydrogen-bond acceptors (Lipinski definition) is 3. The summed E-state index contributed by atoms with van der Waals surface area (Å²) in [6, 6.07) is 13.1. The maximum absolute atomic E-state index is 11.8. The number of carbonyl (C=O) groups is 1. The van der Waals surface area contributed by atoms with Gasteiger partial charge >= 0.3 is 0 Å². The number of benzene rings is 2. The van der Waals surface area contributed by atoms with Crippen LogP contribution in [0.25, 0.3) is 0 Å². The van der Waals surface area contributed by atoms with Gasteiger partial charge in [0.25, 0.3) is 5.91 Å². The molecule has 0 aliphatic heterocycles. The third-order valence-corrected chi connectivity index (χ3v) is 4.04. The first-order chi connectivity index (χ1) is 12.0. The van der Waals surface area contributed by atoms with Crippen LogP contribution < -0.4 is 20.9 Å². The van der Waals surface area contributed by atoms with Crippen LogP contribution in [-0.2, 0) is 11.2 Å². The minimum absolute atomic E-state index is 0.137. The SMILES string of the molecule is CCc1cccc(NC(=S)NNC(=O)COc2ccc(Cl)c(C)c2)c1. The van der Waals surface area contributed by atoms with Gasteiger partial charge in [-0.15, -0.1) is 0 Å². The molecule has 2 rings (SSSR count). The van der Waals surface area contributed by atoms with Crippen LogP contribution in [-0.4, -0.2) is 17.6 Å². The quantitative estimate of drug-likeness (QED) is 0.549. The monoisotopic (exact) mass is 377 g/mol. The molecule has 25 heavy (non-hydrogen) atoms. The van der Waals surface area contributed by atoms with Gasteiger partial charge in [-0.1, -0.05) is 30.7 Å². The number of nitrogens with one attached hydrogen (secondary N) is 3. The number of halogens is 1. The molecule has 7 heteroatoms. The Bertz CT molecular complexity index is 768. The van der Waals surface area contributed by atoms with Crippen LogP contribution in [0.15, 0.2) is 42.5 Å². The van der Waals surface area contributed by atoms with Gasteiger partial charge in [-0.25, -0.2) is 0 Å². The normalized spacial score (nSPS) is 10.0. The van der Waals surface area contributed by atoms with Gasteiger partial charge in [-0.05, 0) is 67.0 Å². The van der Waals surface area contributed by atoms with E-state index in [4.69, 9.17) is 28.6 Å². The van der Waals surface area contributed by atoms with Gasteiger partial charge in [0.15, 0.2) is 11.7 Å². The van der Waals surface area contributed by atoms with E-state index in [1.807, 2.05) is 31.2 Å². The van der Waals surface area contributed by atoms with Crippen molar-refractivity contribution in [3.8, 4) is 5.75 Å². The van der Waals surface area contributed by atoms with Gasteiger partial charge in [0.05, 0.1) is 0 Å². The van der Waals surface area contributed by atoms with E-state index in [0.29, 0.717) is 15.9 Å². The number of carbonyl (C=O) groups excluding carboxylic acids is 1. The number of ether oxygens (including phenoxy) is 1. The summed E-state index contributed by atoms with van der Waals surface area (Å²) >= 11 is 11.1. The van der Waals surface area contributed by atoms with E-state index in [2.05, 4.69) is 23.1 Å². The number of rotatable bonds is 5. The summed E-state index contributed by atoms with van der Waals surface area (Å²) in [5, 5.41) is 3.96. The Morgan fingerprint density at radius 2 is 2.00 bits per heavy atom. The van der Waals surface area contributed by atoms with E-state index in [9.17, 15) is 4.79 Å². The highest BCUT2D eigenvalue weighted by atomic mass is 35.5. The van der Waals surface area contributed by atoms with E-state index in [1.54, 1.807) is 18.2 Å². The number of amides is 1. The number of hydrogen-bond donors (Lipinski definition) is 3. The molecule has 132 valence electrons. The largest absolute Gasteiger partial charge is 0.484 e. The lowest BCUT2D eigenvalue weighted by atomic mass is 10.1. The Kier molecular flexibility index (Phi) is 7.03. The fourth-order valence-electron chi connectivity index (χ4n) is 2.05. The second kappa shape index (κ2) is 9.25. The summed E-state index contributed by atoms with van der Waals surface area (Å²) in [5.41, 5.74) is 8.07. The van der Waals surface area contributed by atoms with Crippen LogP contribution in [0.1, 0.15) is 18.1 Å². The van der Waals surface area contributed by atoms with Crippen molar-refractivity contribution in [3.63, 3.8) is 0 Å². The fraction of sp³-hybridized carbons (Fsp3) is 0.222. The van der Waals surface area contributed by atoms with Gasteiger partial charge < -0.3 is 10.1 Å². The van der Waals surface area contributed by atoms with Gasteiger partial charge in [0, 0.05) is 10.7 Å². The van der Waals surface area contributed by atoms with Crippen molar-refractivity contribution in [2.24, 2.45) is 0 Å². The van der Waals surface area contributed by atoms with Crippen molar-refractivity contribution in [1.82, 2.24) is 10.9 Å². The molecular weight excluding hydrogens is 358 g/mol. The summed E-state index contributed by atoms with van der Waals surface area (Å²) in [6.45, 7) is 3.81. The van der Waals surface area contributed by atoms with Gasteiger partial charge in [-0.3, -0.25) is 15.6 Å². The van der Waals surface area contributed by atoms with Crippen molar-refractivity contribution >= 4 is 40.5 Å². The van der Waals surface area contributed by atoms with Crippen molar-refractivity contribution < 1.29 is 9.53 Å². The van der Waals surface area contributed by atoms with E-state index in [0.717, 1.165) is 17.7 Å². The Labute approximate surface area is 157 Å². The Hall–Kier alpha value is -2.31. The number of anilines is 1. The molecule has 2 aromatic carbocycles. The molecule has 0 saturated carbocycles. The first kappa shape index (κ1) is 19.0. The molecule has 0 saturated heterocycles. The summed E-state index contributed by atoms with van der Waals surface area (Å²) in [4.78, 5) is 11.8. The molecule has 5 nitrogen and oxygen atoms in total. The topological polar surface area (TPSA) is 62.4 Å². The molecule has 1 amide bonds. The van der Waals surface area contributed by atoms with Crippen LogP contribution in [0.2, 0.25) is 5.02 Å². The highest BCUT2D eigenvalue weighted by Gasteiger charge is 2.05. The molecule has 0 fully saturated rings. The average Bonchev–Trinajstić information content (AvgIpc) is 2.61. The minimum atomic E-state index is -0.348. The zero-order valence-electron chi connectivity index (χ0n) is 14.1. The summed E-state index contributed by atoms with van der Waals surface area (Å²) in [7, 11) is 0. The number of aryl methyl sites for hydroxylation is 2. The van der Waals surface area contributed by atoms with Crippen molar-refractivity contribution in [2.75, 3.05) is 11.9 Å². The molecule has 0 heterocycles. The van der Waals surface area contributed by atoms with Crippen LogP contribution >= 0.6 is 23.8 Å². The lowest BCUT2D eigenvalue weighted by Gasteiger charge is -2.13. The molecule has 0 atom stereocenters. The number of thiocarbonyl (C=S) groups is 1. The van der Waals surface area contributed by atoms with Gasteiger partial charge in [-0.2, -0.15) is 0 Å². The van der Waals surface area contributed by atoms with Crippen LogP contribution in [0.4, 0.5) is 5.69 Å². The van der Waals surface area contributed by atoms with Crippen LogP contribution in [0.5, 0.6) is 5.75 Å². The molecule has 3 N–H and O–H groups in total. The first-order valence-corrected chi connectivity index (χ1v) is 8.60. The predicted octanol–water partition coefficient (Wildman–Crippen LogP) is 3.61. The van der Waals surface area contributed by atoms with Gasteiger partial charge in [0.2, 0.25) is 0 Å². The third kappa shape index (κ3) is 6.25. The molecule has 0 radical (unpaired) electrons. The van der Waals surface area contributed by atoms with E-state index < -0.39 is 0 Å². The Morgan fingerprint density at radius 3 is 2.72 bits per heavy atom. The maximum atomic E-state index is 11.8. The molecule has 0 unspecified atom stereocenters. The molecular formula is C18H20ClN3O2S. The lowest BCUT2D eigenvalue weighted by molar-refractivity contribution is -0.123. The molecule has 0 spiro atoms. The lowest BCUT2D eigenvalue weighted by Crippen LogP contribution is -2.45. The maximum Gasteiger partial charge on any atom is 0.276 e. The van der Waals surface area contributed by atoms with E-state index in [-0.39, 0.29) is 12.5 Å². The van der Waals surface area contributed by atoms with E-state index >= 15 is 0 Å². The van der Waals surface area contributed by atoms with Crippen molar-refractivity contribution in [1.29, 1.82) is 0 Å². The Morgan fingerprint density at radius 1 is 1.20 bits per heavy atom. The standard InChI is InChI=1S/C18H20ClN3O2S/c1-3-13-5-4-6-14(10-13)20-18(25)22-21-17(23)11-24-15-7-8-16(19)12(2)9-15/h4-10H,3,11H2,1-2H3,(H,21,23)(H2,20,22,25). The first-order valence-electron chi connectivity index (χ1n) is 7.81. The molecule has 0 aromatic heterocycles. The third-order valence-electron chi connectivity index (χ3n) is 3.41. The Balaban J connectivity index is 1.75. The zero-order chi connectivity index (χ0) is 18.2. The summed E-state index contributed by atoms with van der Waals surface area (Å²) in [6.07, 6.45) is 0.938. The highest BCUT2D eigenvalue weighted by molar-refractivity contribution is 7.80. The molecule has 0 aliphatic rings. The second-order valence-corrected chi connectivity index (χ2v) is 6.20. The minimum Gasteiger partial charge on any atom is -0.484 e. The summed E-state index contributed by atoms with van der Waals surface area (Å²) in [5.74, 6) is 0.230. The predicted molar refractivity (Wildman–Crippen MR) is 105 cm³/mol. The van der Waals surface area contributed by atoms with Crippen molar-refractivity contribution in [3.05, 3.63) is 58.6 Å². The second-order valence-electron chi connectivity index (χ2n) is 5.38. The average molecular weight is 378 g/mol. The molecule has 0 bridgehead atoms.